The van der Waals surface area contributed by atoms with Crippen molar-refractivity contribution in [3.8, 4) is 0 Å². The molecule has 0 radical (unpaired) electrons. The molecule has 0 heterocycles. The van der Waals surface area contributed by atoms with Gasteiger partial charge in [-0.05, 0) is 43.8 Å². The van der Waals surface area contributed by atoms with E-state index < -0.39 is 0 Å². The molecule has 1 nitrogen and oxygen atoms in total. The first kappa shape index (κ1) is 11.5. The maximum atomic E-state index is 3.70. The molecule has 2 rings (SSSR count). The molecule has 0 aromatic carbocycles. The van der Waals surface area contributed by atoms with Crippen LogP contribution in [0.1, 0.15) is 46.0 Å². The Morgan fingerprint density at radius 3 is 2.75 bits per heavy atom. The maximum absolute atomic E-state index is 3.70. The summed E-state index contributed by atoms with van der Waals surface area (Å²) in [4.78, 5) is 0. The van der Waals surface area contributed by atoms with Gasteiger partial charge in [-0.3, -0.25) is 0 Å². The van der Waals surface area contributed by atoms with Crippen molar-refractivity contribution in [1.82, 2.24) is 5.32 Å². The van der Waals surface area contributed by atoms with E-state index in [2.05, 4.69) is 43.5 Å². The van der Waals surface area contributed by atoms with Crippen molar-refractivity contribution >= 4 is 0 Å². The number of hydrogen-bond acceptors (Lipinski definition) is 1. The highest BCUT2D eigenvalue weighted by Crippen LogP contribution is 2.22. The van der Waals surface area contributed by atoms with Crippen LogP contribution >= 0.6 is 0 Å². The van der Waals surface area contributed by atoms with Crippen molar-refractivity contribution in [2.45, 2.75) is 52.0 Å². The van der Waals surface area contributed by atoms with Crippen molar-refractivity contribution in [1.29, 1.82) is 0 Å². The lowest BCUT2D eigenvalue weighted by molar-refractivity contribution is 0.587. The first-order valence-corrected chi connectivity index (χ1v) is 6.63. The number of hydrogen-bond donors (Lipinski definition) is 1. The molecule has 1 fully saturated rings. The molecule has 0 spiro atoms. The number of nitrogens with one attached hydrogen (secondary N) is 1. The summed E-state index contributed by atoms with van der Waals surface area (Å²) < 4.78 is 0. The van der Waals surface area contributed by atoms with Gasteiger partial charge < -0.3 is 5.32 Å². The van der Waals surface area contributed by atoms with E-state index in [0.29, 0.717) is 12.0 Å². The number of rotatable bonds is 3. The Hall–Kier alpha value is -0.980. The highest BCUT2D eigenvalue weighted by atomic mass is 14.9. The summed E-state index contributed by atoms with van der Waals surface area (Å²) in [6.45, 7) is 4.43. The fourth-order valence-corrected chi connectivity index (χ4v) is 2.55. The molecule has 1 unspecified atom stereocenters. The van der Waals surface area contributed by atoms with Crippen molar-refractivity contribution in [3.05, 3.63) is 35.6 Å². The summed E-state index contributed by atoms with van der Waals surface area (Å²) in [6.07, 6.45) is 15.9. The Morgan fingerprint density at radius 2 is 2.06 bits per heavy atom. The van der Waals surface area contributed by atoms with Crippen molar-refractivity contribution in [2.24, 2.45) is 5.92 Å². The summed E-state index contributed by atoms with van der Waals surface area (Å²) >= 11 is 0. The van der Waals surface area contributed by atoms with Crippen LogP contribution in [0.2, 0.25) is 0 Å². The van der Waals surface area contributed by atoms with Crippen LogP contribution in [0.5, 0.6) is 0 Å². The molecular formula is C15H23N. The van der Waals surface area contributed by atoms with Crippen molar-refractivity contribution < 1.29 is 0 Å². The molecule has 0 aromatic heterocycles. The zero-order valence-corrected chi connectivity index (χ0v) is 10.5. The molecule has 2 aliphatic rings. The van der Waals surface area contributed by atoms with Gasteiger partial charge in [0.2, 0.25) is 0 Å². The quantitative estimate of drug-likeness (QED) is 0.755. The Kier molecular flexibility index (Phi) is 3.87. The fraction of sp³-hybridized carbons (Fsp3) is 0.600. The zero-order valence-electron chi connectivity index (χ0n) is 10.5. The monoisotopic (exact) mass is 217 g/mol. The average Bonchev–Trinajstić information content (AvgIpc) is 2.69. The molecule has 0 amide bonds. The lowest BCUT2D eigenvalue weighted by Crippen LogP contribution is -2.24. The molecular weight excluding hydrogens is 194 g/mol. The summed E-state index contributed by atoms with van der Waals surface area (Å²) in [7, 11) is 0. The van der Waals surface area contributed by atoms with Crippen LogP contribution in [0.4, 0.5) is 0 Å². The first-order chi connectivity index (χ1) is 7.78. The minimum absolute atomic E-state index is 0.595. The second kappa shape index (κ2) is 5.38. The van der Waals surface area contributed by atoms with Crippen LogP contribution in [0.3, 0.4) is 0 Å². The van der Waals surface area contributed by atoms with E-state index >= 15 is 0 Å². The Balaban J connectivity index is 2.05. The van der Waals surface area contributed by atoms with Gasteiger partial charge in [0, 0.05) is 11.7 Å². The molecule has 0 saturated heterocycles. The van der Waals surface area contributed by atoms with Crippen LogP contribution in [0.25, 0.3) is 0 Å². The molecule has 1 N–H and O–H groups in total. The Morgan fingerprint density at radius 1 is 1.31 bits per heavy atom. The van der Waals surface area contributed by atoms with Crippen LogP contribution in [0.15, 0.2) is 35.6 Å². The predicted octanol–water partition coefficient (Wildman–Crippen LogP) is 3.94. The fourth-order valence-electron chi connectivity index (χ4n) is 2.55. The normalized spacial score (nSPS) is 26.2. The molecule has 1 atom stereocenters. The Labute approximate surface area is 99.3 Å². The van der Waals surface area contributed by atoms with Gasteiger partial charge in [0.05, 0.1) is 0 Å². The van der Waals surface area contributed by atoms with Crippen LogP contribution in [-0.4, -0.2) is 6.04 Å². The lowest BCUT2D eigenvalue weighted by Gasteiger charge is -2.15. The van der Waals surface area contributed by atoms with E-state index in [1.165, 1.54) is 43.4 Å². The van der Waals surface area contributed by atoms with E-state index in [0.717, 1.165) is 0 Å². The minimum atomic E-state index is 0.595. The molecule has 1 saturated carbocycles. The van der Waals surface area contributed by atoms with Crippen LogP contribution in [-0.2, 0) is 0 Å². The summed E-state index contributed by atoms with van der Waals surface area (Å²) in [5, 5.41) is 3.70. The Bertz CT molecular complexity index is 316. The van der Waals surface area contributed by atoms with E-state index in [9.17, 15) is 0 Å². The van der Waals surface area contributed by atoms with Gasteiger partial charge in [-0.1, -0.05) is 38.0 Å². The highest BCUT2D eigenvalue weighted by molar-refractivity contribution is 5.33. The van der Waals surface area contributed by atoms with Crippen LogP contribution in [0, 0.1) is 5.92 Å². The highest BCUT2D eigenvalue weighted by Gasteiger charge is 2.15. The molecule has 88 valence electrons. The van der Waals surface area contributed by atoms with Crippen molar-refractivity contribution in [3.63, 3.8) is 0 Å². The largest absolute Gasteiger partial charge is 0.383 e. The van der Waals surface area contributed by atoms with Crippen LogP contribution < -0.4 is 5.32 Å². The topological polar surface area (TPSA) is 12.0 Å². The van der Waals surface area contributed by atoms with Gasteiger partial charge in [0.1, 0.15) is 0 Å². The first-order valence-electron chi connectivity index (χ1n) is 6.63. The number of allylic oxidation sites excluding steroid dienone is 5. The predicted molar refractivity (Wildman–Crippen MR) is 70.2 cm³/mol. The second-order valence-electron chi connectivity index (χ2n) is 5.07. The zero-order chi connectivity index (χ0) is 11.4. The molecule has 1 heteroatoms. The smallest absolute Gasteiger partial charge is 0.0310 e. The third-order valence-electron chi connectivity index (χ3n) is 3.58. The van der Waals surface area contributed by atoms with Gasteiger partial charge in [0.25, 0.3) is 0 Å². The standard InChI is InChI=1S/C15H23N/c1-3-13-9-8-12(2)10-15(11-13)16-14-6-4-5-7-14/h8-11,13-14,16H,3-7H2,1-2H3. The van der Waals surface area contributed by atoms with E-state index in [4.69, 9.17) is 0 Å². The summed E-state index contributed by atoms with van der Waals surface area (Å²) in [5.41, 5.74) is 2.69. The third kappa shape index (κ3) is 3.01. The average molecular weight is 217 g/mol. The van der Waals surface area contributed by atoms with E-state index in [1.54, 1.807) is 0 Å². The second-order valence-corrected chi connectivity index (χ2v) is 5.07. The van der Waals surface area contributed by atoms with E-state index in [1.807, 2.05) is 0 Å². The SMILES string of the molecule is CCC1C=CC(C)=CC(NC2CCCC2)=C1. The molecule has 0 bridgehead atoms. The minimum Gasteiger partial charge on any atom is -0.383 e. The molecule has 0 aromatic rings. The third-order valence-corrected chi connectivity index (χ3v) is 3.58. The molecule has 16 heavy (non-hydrogen) atoms. The van der Waals surface area contributed by atoms with Gasteiger partial charge in [-0.15, -0.1) is 0 Å². The van der Waals surface area contributed by atoms with Gasteiger partial charge in [-0.2, -0.15) is 0 Å². The van der Waals surface area contributed by atoms with E-state index in [-0.39, 0.29) is 0 Å². The molecule has 0 aliphatic heterocycles. The molecule has 2 aliphatic carbocycles. The van der Waals surface area contributed by atoms with Gasteiger partial charge in [0.15, 0.2) is 0 Å². The lowest BCUT2D eigenvalue weighted by atomic mass is 10.1. The van der Waals surface area contributed by atoms with Gasteiger partial charge in [-0.25, -0.2) is 0 Å². The maximum Gasteiger partial charge on any atom is 0.0310 e. The summed E-state index contributed by atoms with van der Waals surface area (Å²) in [6, 6.07) is 0.714. The summed E-state index contributed by atoms with van der Waals surface area (Å²) in [5.74, 6) is 0.595. The van der Waals surface area contributed by atoms with Gasteiger partial charge >= 0.3 is 0 Å². The van der Waals surface area contributed by atoms with Crippen molar-refractivity contribution in [2.75, 3.05) is 0 Å².